The summed E-state index contributed by atoms with van der Waals surface area (Å²) in [6.07, 6.45) is 6.07. The zero-order valence-corrected chi connectivity index (χ0v) is 11.7. The lowest BCUT2D eigenvalue weighted by Gasteiger charge is -2.36. The molecule has 1 saturated heterocycles. The Morgan fingerprint density at radius 2 is 2.11 bits per heavy atom. The fraction of sp³-hybridized carbons (Fsp3) is 0.929. The first-order valence-electron chi connectivity index (χ1n) is 7.55. The number of piperidine rings is 1. The molecule has 5 heteroatoms. The van der Waals surface area contributed by atoms with Crippen molar-refractivity contribution in [2.45, 2.75) is 44.1 Å². The molecule has 2 rings (SSSR count). The Bertz CT molecular complexity index is 303. The molecular formula is C14H27N3O2. The van der Waals surface area contributed by atoms with Gasteiger partial charge in [0.25, 0.3) is 0 Å². The number of β-amino-alcohol motifs (C(OH)–C–C–N with tert-alkyl or cyclic N) is 1. The molecule has 1 unspecified atom stereocenters. The highest BCUT2D eigenvalue weighted by Crippen LogP contribution is 2.31. The lowest BCUT2D eigenvalue weighted by molar-refractivity contribution is -0.127. The van der Waals surface area contributed by atoms with E-state index in [-0.39, 0.29) is 11.8 Å². The first-order valence-corrected chi connectivity index (χ1v) is 7.55. The van der Waals surface area contributed by atoms with Gasteiger partial charge >= 0.3 is 0 Å². The van der Waals surface area contributed by atoms with Crippen LogP contribution in [0.15, 0.2) is 0 Å². The van der Waals surface area contributed by atoms with E-state index < -0.39 is 5.60 Å². The SMILES string of the molecule is NCCNC(=O)C1CCCN(CC2(O)CCCC2)C1. The lowest BCUT2D eigenvalue weighted by atomic mass is 9.94. The smallest absolute Gasteiger partial charge is 0.224 e. The van der Waals surface area contributed by atoms with Gasteiger partial charge in [-0.1, -0.05) is 12.8 Å². The molecule has 0 aromatic heterocycles. The number of aliphatic hydroxyl groups is 1. The second-order valence-electron chi connectivity index (χ2n) is 6.09. The quantitative estimate of drug-likeness (QED) is 0.660. The maximum atomic E-state index is 12.0. The van der Waals surface area contributed by atoms with E-state index in [0.717, 1.165) is 58.2 Å². The summed E-state index contributed by atoms with van der Waals surface area (Å²) < 4.78 is 0. The summed E-state index contributed by atoms with van der Waals surface area (Å²) in [5, 5.41) is 13.3. The molecule has 1 aliphatic carbocycles. The summed E-state index contributed by atoms with van der Waals surface area (Å²) in [7, 11) is 0. The van der Waals surface area contributed by atoms with Crippen LogP contribution in [0.1, 0.15) is 38.5 Å². The highest BCUT2D eigenvalue weighted by molar-refractivity contribution is 5.78. The van der Waals surface area contributed by atoms with E-state index in [4.69, 9.17) is 5.73 Å². The number of nitrogens with zero attached hydrogens (tertiary/aromatic N) is 1. The topological polar surface area (TPSA) is 78.6 Å². The number of carbonyl (C=O) groups is 1. The molecule has 2 aliphatic rings. The Balaban J connectivity index is 1.81. The van der Waals surface area contributed by atoms with Crippen LogP contribution in [0, 0.1) is 5.92 Å². The number of nitrogens with two attached hydrogens (primary N) is 1. The number of hydrogen-bond acceptors (Lipinski definition) is 4. The third kappa shape index (κ3) is 4.16. The van der Waals surface area contributed by atoms with E-state index in [1.165, 1.54) is 0 Å². The Hall–Kier alpha value is -0.650. The molecule has 1 amide bonds. The van der Waals surface area contributed by atoms with E-state index in [9.17, 15) is 9.90 Å². The summed E-state index contributed by atoms with van der Waals surface area (Å²) in [4.78, 5) is 14.2. The first-order chi connectivity index (χ1) is 9.13. The van der Waals surface area contributed by atoms with Gasteiger partial charge in [-0.3, -0.25) is 9.69 Å². The van der Waals surface area contributed by atoms with Gasteiger partial charge in [-0.25, -0.2) is 0 Å². The molecule has 2 fully saturated rings. The third-order valence-electron chi connectivity index (χ3n) is 4.37. The standard InChI is InChI=1S/C14H27N3O2/c15-7-8-16-13(18)12-4-3-9-17(10-12)11-14(19)5-1-2-6-14/h12,19H,1-11,15H2,(H,16,18). The van der Waals surface area contributed by atoms with Crippen molar-refractivity contribution >= 4 is 5.91 Å². The normalized spacial score (nSPS) is 27.4. The molecule has 0 spiro atoms. The number of rotatable bonds is 5. The van der Waals surface area contributed by atoms with Gasteiger partial charge < -0.3 is 16.2 Å². The van der Waals surface area contributed by atoms with Crippen molar-refractivity contribution in [2.75, 3.05) is 32.7 Å². The van der Waals surface area contributed by atoms with Crippen LogP contribution in [-0.2, 0) is 4.79 Å². The minimum absolute atomic E-state index is 0.0605. The molecule has 4 N–H and O–H groups in total. The van der Waals surface area contributed by atoms with E-state index in [0.29, 0.717) is 13.1 Å². The second kappa shape index (κ2) is 6.68. The molecule has 1 saturated carbocycles. The molecule has 0 bridgehead atoms. The van der Waals surface area contributed by atoms with Crippen molar-refractivity contribution < 1.29 is 9.90 Å². The van der Waals surface area contributed by atoms with Crippen LogP contribution in [-0.4, -0.2) is 54.2 Å². The predicted molar refractivity (Wildman–Crippen MR) is 74.6 cm³/mol. The summed E-state index contributed by atoms with van der Waals surface area (Å²) in [5.74, 6) is 0.180. The maximum Gasteiger partial charge on any atom is 0.224 e. The van der Waals surface area contributed by atoms with E-state index >= 15 is 0 Å². The third-order valence-corrected chi connectivity index (χ3v) is 4.37. The average molecular weight is 269 g/mol. The highest BCUT2D eigenvalue weighted by Gasteiger charge is 2.35. The molecule has 1 atom stereocenters. The minimum Gasteiger partial charge on any atom is -0.389 e. The van der Waals surface area contributed by atoms with Crippen LogP contribution in [0.3, 0.4) is 0 Å². The van der Waals surface area contributed by atoms with Gasteiger partial charge in [0.15, 0.2) is 0 Å². The Kier molecular flexibility index (Phi) is 5.19. The monoisotopic (exact) mass is 269 g/mol. The zero-order chi connectivity index (χ0) is 13.7. The molecule has 1 aliphatic heterocycles. The van der Waals surface area contributed by atoms with Gasteiger partial charge in [0.2, 0.25) is 5.91 Å². The zero-order valence-electron chi connectivity index (χ0n) is 11.7. The summed E-state index contributed by atoms with van der Waals surface area (Å²) in [6, 6.07) is 0. The Labute approximate surface area is 115 Å². The van der Waals surface area contributed by atoms with Crippen molar-refractivity contribution in [3.8, 4) is 0 Å². The molecule has 19 heavy (non-hydrogen) atoms. The number of hydrogen-bond donors (Lipinski definition) is 3. The van der Waals surface area contributed by atoms with Crippen molar-refractivity contribution in [1.82, 2.24) is 10.2 Å². The van der Waals surface area contributed by atoms with Crippen molar-refractivity contribution in [1.29, 1.82) is 0 Å². The molecule has 0 radical (unpaired) electrons. The fourth-order valence-corrected chi connectivity index (χ4v) is 3.36. The van der Waals surface area contributed by atoms with Gasteiger partial charge in [-0.05, 0) is 32.2 Å². The van der Waals surface area contributed by atoms with E-state index in [2.05, 4.69) is 10.2 Å². The Morgan fingerprint density at radius 3 is 2.79 bits per heavy atom. The highest BCUT2D eigenvalue weighted by atomic mass is 16.3. The van der Waals surface area contributed by atoms with Crippen LogP contribution < -0.4 is 11.1 Å². The summed E-state index contributed by atoms with van der Waals surface area (Å²) >= 11 is 0. The number of carbonyl (C=O) groups excluding carboxylic acids is 1. The first kappa shape index (κ1) is 14.8. The predicted octanol–water partition coefficient (Wildman–Crippen LogP) is 0.0784. The second-order valence-corrected chi connectivity index (χ2v) is 6.09. The molecule has 5 nitrogen and oxygen atoms in total. The number of likely N-dealkylation sites (tertiary alicyclic amines) is 1. The molecule has 1 heterocycles. The van der Waals surface area contributed by atoms with Gasteiger partial charge in [-0.2, -0.15) is 0 Å². The van der Waals surface area contributed by atoms with Gasteiger partial charge in [0.1, 0.15) is 0 Å². The molecule has 0 aromatic rings. The summed E-state index contributed by atoms with van der Waals surface area (Å²) in [6.45, 7) is 3.55. The van der Waals surface area contributed by atoms with E-state index in [1.807, 2.05) is 0 Å². The van der Waals surface area contributed by atoms with Crippen LogP contribution in [0.4, 0.5) is 0 Å². The molecule has 110 valence electrons. The average Bonchev–Trinajstić information content (AvgIpc) is 2.82. The molecular weight excluding hydrogens is 242 g/mol. The molecule has 0 aromatic carbocycles. The summed E-state index contributed by atoms with van der Waals surface area (Å²) in [5.41, 5.74) is 4.90. The Morgan fingerprint density at radius 1 is 1.37 bits per heavy atom. The largest absolute Gasteiger partial charge is 0.389 e. The van der Waals surface area contributed by atoms with Crippen molar-refractivity contribution in [3.05, 3.63) is 0 Å². The fourth-order valence-electron chi connectivity index (χ4n) is 3.36. The van der Waals surface area contributed by atoms with Crippen molar-refractivity contribution in [3.63, 3.8) is 0 Å². The van der Waals surface area contributed by atoms with Crippen LogP contribution in [0.5, 0.6) is 0 Å². The minimum atomic E-state index is -0.504. The van der Waals surface area contributed by atoms with Crippen molar-refractivity contribution in [2.24, 2.45) is 11.7 Å². The van der Waals surface area contributed by atoms with Crippen LogP contribution in [0.25, 0.3) is 0 Å². The number of amides is 1. The maximum absolute atomic E-state index is 12.0. The number of nitrogens with one attached hydrogen (secondary N) is 1. The van der Waals surface area contributed by atoms with Gasteiger partial charge in [0.05, 0.1) is 11.5 Å². The van der Waals surface area contributed by atoms with Crippen LogP contribution in [0.2, 0.25) is 0 Å². The van der Waals surface area contributed by atoms with E-state index in [1.54, 1.807) is 0 Å². The van der Waals surface area contributed by atoms with Gasteiger partial charge in [-0.15, -0.1) is 0 Å². The van der Waals surface area contributed by atoms with Gasteiger partial charge in [0, 0.05) is 26.2 Å². The lowest BCUT2D eigenvalue weighted by Crippen LogP contribution is -2.49. The van der Waals surface area contributed by atoms with Crippen LogP contribution >= 0.6 is 0 Å².